The number of nitrogens with one attached hydrogen (secondary N) is 4. The van der Waals surface area contributed by atoms with Crippen LogP contribution in [0.2, 0.25) is 0 Å². The topological polar surface area (TPSA) is 133 Å². The van der Waals surface area contributed by atoms with Crippen molar-refractivity contribution in [2.75, 3.05) is 16.6 Å². The molecule has 0 aliphatic carbocycles. The van der Waals surface area contributed by atoms with Gasteiger partial charge in [-0.2, -0.15) is 0 Å². The van der Waals surface area contributed by atoms with Crippen LogP contribution in [0.25, 0.3) is 0 Å². The molecule has 0 saturated carbocycles. The number of urea groups is 1. The summed E-state index contributed by atoms with van der Waals surface area (Å²) in [6.07, 6.45) is 1.54. The van der Waals surface area contributed by atoms with Crippen LogP contribution in [0.5, 0.6) is 0 Å². The zero-order valence-electron chi connectivity index (χ0n) is 14.5. The number of hydrogen-bond acceptors (Lipinski definition) is 5. The van der Waals surface area contributed by atoms with Gasteiger partial charge in [-0.1, -0.05) is 6.08 Å². The minimum atomic E-state index is -3.98. The van der Waals surface area contributed by atoms with Crippen molar-refractivity contribution >= 4 is 39.2 Å². The fraction of sp³-hybridized carbons (Fsp3) is 0.0556. The van der Waals surface area contributed by atoms with Crippen LogP contribution >= 0.6 is 0 Å². The summed E-state index contributed by atoms with van der Waals surface area (Å²) in [5, 5.41) is 7.24. The zero-order valence-corrected chi connectivity index (χ0v) is 15.3. The van der Waals surface area contributed by atoms with Crippen molar-refractivity contribution in [1.82, 2.24) is 10.6 Å². The molecule has 1 heterocycles. The first-order chi connectivity index (χ1) is 13.3. The van der Waals surface area contributed by atoms with Crippen molar-refractivity contribution in [3.8, 4) is 0 Å². The van der Waals surface area contributed by atoms with Crippen molar-refractivity contribution in [2.24, 2.45) is 0 Å². The Bertz CT molecular complexity index is 1080. The van der Waals surface area contributed by atoms with Crippen molar-refractivity contribution in [1.29, 1.82) is 0 Å². The summed E-state index contributed by atoms with van der Waals surface area (Å²) in [5.74, 6) is -1.20. The van der Waals surface area contributed by atoms with Gasteiger partial charge in [0.2, 0.25) is 0 Å². The molecule has 28 heavy (non-hydrogen) atoms. The molecule has 0 radical (unpaired) electrons. The molecular weight excluding hydrogens is 384 g/mol. The second-order valence-corrected chi connectivity index (χ2v) is 7.48. The van der Waals surface area contributed by atoms with Crippen LogP contribution < -0.4 is 20.7 Å². The number of hydrogen-bond donors (Lipinski definition) is 4. The number of carbonyl (C=O) groups is 3. The van der Waals surface area contributed by atoms with E-state index >= 15 is 0 Å². The number of sulfonamides is 1. The molecule has 4 amide bonds. The molecule has 9 nitrogen and oxygen atoms in total. The maximum atomic E-state index is 12.6. The molecule has 144 valence electrons. The van der Waals surface area contributed by atoms with E-state index in [1.807, 2.05) is 0 Å². The highest BCUT2D eigenvalue weighted by atomic mass is 32.2. The van der Waals surface area contributed by atoms with Gasteiger partial charge < -0.3 is 10.6 Å². The maximum Gasteiger partial charge on any atom is 0.319 e. The Kier molecular flexibility index (Phi) is 5.14. The fourth-order valence-corrected chi connectivity index (χ4v) is 3.57. The van der Waals surface area contributed by atoms with Gasteiger partial charge in [-0.25, -0.2) is 13.2 Å². The fourth-order valence-electron chi connectivity index (χ4n) is 2.49. The highest BCUT2D eigenvalue weighted by Gasteiger charge is 2.28. The predicted octanol–water partition coefficient (Wildman–Crippen LogP) is 1.68. The van der Waals surface area contributed by atoms with E-state index in [0.717, 1.165) is 6.07 Å². The van der Waals surface area contributed by atoms with Crippen LogP contribution in [0.4, 0.5) is 16.2 Å². The predicted molar refractivity (Wildman–Crippen MR) is 103 cm³/mol. The molecule has 3 rings (SSSR count). The van der Waals surface area contributed by atoms with E-state index in [0.29, 0.717) is 12.2 Å². The number of carbonyl (C=O) groups excluding carboxylic acids is 3. The molecule has 2 aromatic carbocycles. The van der Waals surface area contributed by atoms with Gasteiger partial charge in [0.1, 0.15) is 0 Å². The van der Waals surface area contributed by atoms with E-state index < -0.39 is 27.9 Å². The zero-order chi connectivity index (χ0) is 20.3. The van der Waals surface area contributed by atoms with Gasteiger partial charge >= 0.3 is 6.03 Å². The standard InChI is InChI=1S/C18H16N4O5S/c1-2-9-19-18(25)20-11-3-5-12(6-4-11)22-28(26,27)13-7-8-14-15(10-13)17(24)21-16(14)23/h2-8,10,22H,1,9H2,(H2,19,20,25)(H,21,23,24). The summed E-state index contributed by atoms with van der Waals surface area (Å²) in [6, 6.07) is 9.28. The van der Waals surface area contributed by atoms with Crippen LogP contribution in [0.1, 0.15) is 20.7 Å². The Labute approximate surface area is 160 Å². The Hall–Kier alpha value is -3.66. The third-order valence-corrected chi connectivity index (χ3v) is 5.20. The van der Waals surface area contributed by atoms with E-state index in [9.17, 15) is 22.8 Å². The van der Waals surface area contributed by atoms with Crippen LogP contribution in [0.15, 0.2) is 60.0 Å². The summed E-state index contributed by atoms with van der Waals surface area (Å²) in [6.45, 7) is 3.80. The SMILES string of the molecule is C=CCNC(=O)Nc1ccc(NS(=O)(=O)c2ccc3c(c2)C(=O)NC3=O)cc1. The Morgan fingerprint density at radius 2 is 1.64 bits per heavy atom. The molecule has 0 fully saturated rings. The number of rotatable bonds is 6. The lowest BCUT2D eigenvalue weighted by molar-refractivity contribution is 0.0879. The lowest BCUT2D eigenvalue weighted by Crippen LogP contribution is -2.28. The quantitative estimate of drug-likeness (QED) is 0.432. The molecule has 0 saturated heterocycles. The first-order valence-corrected chi connectivity index (χ1v) is 9.57. The number of fused-ring (bicyclic) bond motifs is 1. The molecule has 0 spiro atoms. The molecule has 0 atom stereocenters. The molecule has 10 heteroatoms. The summed E-state index contributed by atoms with van der Waals surface area (Å²) in [5.41, 5.74) is 0.877. The monoisotopic (exact) mass is 400 g/mol. The third kappa shape index (κ3) is 4.01. The van der Waals surface area contributed by atoms with E-state index in [1.54, 1.807) is 0 Å². The number of imide groups is 1. The Balaban J connectivity index is 1.73. The molecule has 1 aliphatic rings. The van der Waals surface area contributed by atoms with Crippen LogP contribution in [0.3, 0.4) is 0 Å². The van der Waals surface area contributed by atoms with Gasteiger partial charge in [-0.05, 0) is 42.5 Å². The van der Waals surface area contributed by atoms with E-state index in [4.69, 9.17) is 0 Å². The molecular formula is C18H16N4O5S. The maximum absolute atomic E-state index is 12.6. The number of benzene rings is 2. The van der Waals surface area contributed by atoms with E-state index in [2.05, 4.69) is 27.3 Å². The van der Waals surface area contributed by atoms with Crippen molar-refractivity contribution in [3.63, 3.8) is 0 Å². The van der Waals surface area contributed by atoms with E-state index in [-0.39, 0.29) is 21.7 Å². The van der Waals surface area contributed by atoms with Crippen LogP contribution in [-0.2, 0) is 10.0 Å². The highest BCUT2D eigenvalue weighted by Crippen LogP contribution is 2.23. The van der Waals surface area contributed by atoms with E-state index in [1.165, 1.54) is 42.5 Å². The van der Waals surface area contributed by atoms with Crippen molar-refractivity contribution in [2.45, 2.75) is 4.90 Å². The number of anilines is 2. The minimum absolute atomic E-state index is 0.0120. The molecule has 0 aromatic heterocycles. The normalized spacial score (nSPS) is 12.7. The van der Waals surface area contributed by atoms with Gasteiger partial charge in [0.15, 0.2) is 0 Å². The highest BCUT2D eigenvalue weighted by molar-refractivity contribution is 7.92. The summed E-state index contributed by atoms with van der Waals surface area (Å²) in [7, 11) is -3.98. The van der Waals surface area contributed by atoms with Gasteiger partial charge in [0.25, 0.3) is 21.8 Å². The second kappa shape index (κ2) is 7.53. The summed E-state index contributed by atoms with van der Waals surface area (Å²) in [4.78, 5) is 34.7. The lowest BCUT2D eigenvalue weighted by atomic mass is 10.1. The molecule has 1 aliphatic heterocycles. The number of amides is 4. The van der Waals surface area contributed by atoms with Gasteiger partial charge in [0.05, 0.1) is 16.0 Å². The average Bonchev–Trinajstić information content (AvgIpc) is 2.95. The first kappa shape index (κ1) is 19.1. The van der Waals surface area contributed by atoms with Crippen LogP contribution in [0, 0.1) is 0 Å². The Morgan fingerprint density at radius 3 is 2.32 bits per heavy atom. The summed E-state index contributed by atoms with van der Waals surface area (Å²) < 4.78 is 27.5. The van der Waals surface area contributed by atoms with Gasteiger partial charge in [0, 0.05) is 17.9 Å². The lowest BCUT2D eigenvalue weighted by Gasteiger charge is -2.10. The largest absolute Gasteiger partial charge is 0.334 e. The first-order valence-electron chi connectivity index (χ1n) is 8.08. The van der Waals surface area contributed by atoms with Crippen molar-refractivity contribution in [3.05, 3.63) is 66.2 Å². The van der Waals surface area contributed by atoms with Gasteiger partial charge in [-0.15, -0.1) is 6.58 Å². The molecule has 0 unspecified atom stereocenters. The third-order valence-electron chi connectivity index (χ3n) is 3.82. The summed E-state index contributed by atoms with van der Waals surface area (Å²) >= 11 is 0. The molecule has 4 N–H and O–H groups in total. The van der Waals surface area contributed by atoms with Gasteiger partial charge in [-0.3, -0.25) is 19.6 Å². The minimum Gasteiger partial charge on any atom is -0.334 e. The van der Waals surface area contributed by atoms with Crippen molar-refractivity contribution < 1.29 is 22.8 Å². The second-order valence-electron chi connectivity index (χ2n) is 5.80. The molecule has 2 aromatic rings. The molecule has 0 bridgehead atoms. The van der Waals surface area contributed by atoms with Crippen LogP contribution in [-0.4, -0.2) is 32.8 Å². The smallest absolute Gasteiger partial charge is 0.319 e. The average molecular weight is 400 g/mol. The Morgan fingerprint density at radius 1 is 1.00 bits per heavy atom.